The highest BCUT2D eigenvalue weighted by atomic mass is 16.3. The van der Waals surface area contributed by atoms with E-state index in [2.05, 4.69) is 13.8 Å². The first-order valence-electron chi connectivity index (χ1n) is 7.27. The molecule has 1 fully saturated rings. The number of nitrogens with zero attached hydrogens (tertiary/aromatic N) is 1. The smallest absolute Gasteiger partial charge is 0.230 e. The molecule has 0 unspecified atom stereocenters. The summed E-state index contributed by atoms with van der Waals surface area (Å²) in [7, 11) is 0. The fourth-order valence-corrected chi connectivity index (χ4v) is 3.15. The van der Waals surface area contributed by atoms with Crippen molar-refractivity contribution in [3.8, 4) is 0 Å². The van der Waals surface area contributed by atoms with Crippen molar-refractivity contribution >= 4 is 5.91 Å². The Morgan fingerprint density at radius 2 is 1.89 bits per heavy atom. The Kier molecular flexibility index (Phi) is 6.09. The van der Waals surface area contributed by atoms with E-state index >= 15 is 0 Å². The van der Waals surface area contributed by atoms with E-state index in [4.69, 9.17) is 5.73 Å². The van der Waals surface area contributed by atoms with E-state index in [1.807, 2.05) is 4.90 Å². The molecule has 0 aromatic heterocycles. The number of hydrogen-bond acceptors (Lipinski definition) is 3. The minimum Gasteiger partial charge on any atom is -0.395 e. The van der Waals surface area contributed by atoms with Crippen LogP contribution in [0.3, 0.4) is 0 Å². The molecule has 106 valence electrons. The average molecular weight is 256 g/mol. The lowest BCUT2D eigenvalue weighted by Gasteiger charge is -2.37. The zero-order valence-corrected chi connectivity index (χ0v) is 11.8. The lowest BCUT2D eigenvalue weighted by Crippen LogP contribution is -2.51. The van der Waals surface area contributed by atoms with Gasteiger partial charge in [-0.05, 0) is 25.7 Å². The summed E-state index contributed by atoms with van der Waals surface area (Å²) in [6, 6.07) is 0.230. The fourth-order valence-electron chi connectivity index (χ4n) is 3.15. The van der Waals surface area contributed by atoms with Gasteiger partial charge in [-0.25, -0.2) is 0 Å². The lowest BCUT2D eigenvalue weighted by atomic mass is 9.84. The molecule has 0 radical (unpaired) electrons. The molecule has 1 rings (SSSR count). The highest BCUT2D eigenvalue weighted by Gasteiger charge is 2.43. The van der Waals surface area contributed by atoms with Gasteiger partial charge < -0.3 is 15.7 Å². The van der Waals surface area contributed by atoms with Crippen LogP contribution in [0.5, 0.6) is 0 Å². The third-order valence-electron chi connectivity index (χ3n) is 4.39. The van der Waals surface area contributed by atoms with Crippen molar-refractivity contribution in [3.63, 3.8) is 0 Å². The Balaban J connectivity index is 2.86. The minimum atomic E-state index is -0.349. The summed E-state index contributed by atoms with van der Waals surface area (Å²) >= 11 is 0. The molecule has 1 aliphatic rings. The van der Waals surface area contributed by atoms with Crippen molar-refractivity contribution in [3.05, 3.63) is 0 Å². The summed E-state index contributed by atoms with van der Waals surface area (Å²) in [4.78, 5) is 14.7. The second-order valence-corrected chi connectivity index (χ2v) is 5.38. The molecule has 0 spiro atoms. The molecule has 18 heavy (non-hydrogen) atoms. The topological polar surface area (TPSA) is 66.6 Å². The largest absolute Gasteiger partial charge is 0.395 e. The van der Waals surface area contributed by atoms with Crippen LogP contribution in [0.25, 0.3) is 0 Å². The number of rotatable bonds is 7. The van der Waals surface area contributed by atoms with Gasteiger partial charge in [0.2, 0.25) is 5.91 Å². The Morgan fingerprint density at radius 3 is 2.28 bits per heavy atom. The van der Waals surface area contributed by atoms with Crippen LogP contribution >= 0.6 is 0 Å². The second-order valence-electron chi connectivity index (χ2n) is 5.38. The molecule has 0 aromatic rings. The number of nitrogens with two attached hydrogens (primary N) is 1. The maximum Gasteiger partial charge on any atom is 0.230 e. The Labute approximate surface area is 111 Å². The summed E-state index contributed by atoms with van der Waals surface area (Å²) in [5, 5.41) is 9.20. The van der Waals surface area contributed by atoms with Gasteiger partial charge in [-0.1, -0.05) is 26.7 Å². The molecule has 0 bridgehead atoms. The third kappa shape index (κ3) is 3.04. The summed E-state index contributed by atoms with van der Waals surface area (Å²) in [5.74, 6) is 0.172. The van der Waals surface area contributed by atoms with Crippen molar-refractivity contribution < 1.29 is 9.90 Å². The van der Waals surface area contributed by atoms with E-state index in [0.29, 0.717) is 13.1 Å². The number of aliphatic hydroxyl groups is 1. The van der Waals surface area contributed by atoms with Crippen molar-refractivity contribution in [2.24, 2.45) is 11.1 Å². The maximum atomic E-state index is 12.8. The molecule has 0 aliphatic heterocycles. The zero-order chi connectivity index (χ0) is 13.6. The highest BCUT2D eigenvalue weighted by molar-refractivity contribution is 5.83. The lowest BCUT2D eigenvalue weighted by molar-refractivity contribution is -0.144. The maximum absolute atomic E-state index is 12.8. The van der Waals surface area contributed by atoms with Gasteiger partial charge in [0.25, 0.3) is 0 Å². The summed E-state index contributed by atoms with van der Waals surface area (Å²) in [5.41, 5.74) is 5.53. The van der Waals surface area contributed by atoms with Crippen LogP contribution < -0.4 is 5.73 Å². The molecule has 1 aliphatic carbocycles. The van der Waals surface area contributed by atoms with E-state index < -0.39 is 0 Å². The minimum absolute atomic E-state index is 0.0306. The van der Waals surface area contributed by atoms with E-state index in [0.717, 1.165) is 38.5 Å². The molecule has 0 heterocycles. The summed E-state index contributed by atoms with van der Waals surface area (Å²) in [6.45, 7) is 5.09. The number of carbonyl (C=O) groups excluding carboxylic acids is 1. The number of carbonyl (C=O) groups is 1. The number of amides is 1. The van der Waals surface area contributed by atoms with E-state index in [1.54, 1.807) is 0 Å². The number of hydrogen-bond donors (Lipinski definition) is 2. The monoisotopic (exact) mass is 256 g/mol. The predicted molar refractivity (Wildman–Crippen MR) is 73.1 cm³/mol. The van der Waals surface area contributed by atoms with Crippen LogP contribution in [0.4, 0.5) is 0 Å². The predicted octanol–water partition coefficient (Wildman–Crippen LogP) is 1.51. The molecule has 0 saturated heterocycles. The van der Waals surface area contributed by atoms with Crippen molar-refractivity contribution in [2.45, 2.75) is 58.4 Å². The Bertz CT molecular complexity index is 259. The van der Waals surface area contributed by atoms with Crippen molar-refractivity contribution in [1.29, 1.82) is 0 Å². The van der Waals surface area contributed by atoms with Crippen LogP contribution in [0, 0.1) is 5.41 Å². The molecule has 1 saturated carbocycles. The molecule has 4 nitrogen and oxygen atoms in total. The molecule has 0 atom stereocenters. The average Bonchev–Trinajstić information content (AvgIpc) is 2.88. The molecule has 1 amide bonds. The van der Waals surface area contributed by atoms with Gasteiger partial charge in [0.05, 0.1) is 12.0 Å². The van der Waals surface area contributed by atoms with Crippen molar-refractivity contribution in [1.82, 2.24) is 4.90 Å². The fraction of sp³-hybridized carbons (Fsp3) is 0.929. The van der Waals surface area contributed by atoms with Crippen LogP contribution in [0.1, 0.15) is 52.4 Å². The van der Waals surface area contributed by atoms with E-state index in [9.17, 15) is 9.90 Å². The molecule has 3 N–H and O–H groups in total. The zero-order valence-electron chi connectivity index (χ0n) is 11.8. The third-order valence-corrected chi connectivity index (χ3v) is 4.39. The SMILES string of the molecule is CCC(CC)N(CCO)C(=O)C1(CN)CCCC1. The van der Waals surface area contributed by atoms with Gasteiger partial charge in [-0.15, -0.1) is 0 Å². The van der Waals surface area contributed by atoms with Crippen LogP contribution in [-0.2, 0) is 4.79 Å². The van der Waals surface area contributed by atoms with Crippen LogP contribution in [-0.4, -0.2) is 41.7 Å². The summed E-state index contributed by atoms with van der Waals surface area (Å²) in [6.07, 6.45) is 5.87. The standard InChI is InChI=1S/C14H28N2O2/c1-3-12(4-2)16(9-10-17)13(18)14(11-15)7-5-6-8-14/h12,17H,3-11,15H2,1-2H3. The molecular formula is C14H28N2O2. The summed E-state index contributed by atoms with van der Waals surface area (Å²) < 4.78 is 0. The molecule has 4 heteroatoms. The van der Waals surface area contributed by atoms with Gasteiger partial charge in [0, 0.05) is 19.1 Å². The van der Waals surface area contributed by atoms with Gasteiger partial charge in [0.1, 0.15) is 0 Å². The van der Waals surface area contributed by atoms with Gasteiger partial charge in [-0.2, -0.15) is 0 Å². The Hall–Kier alpha value is -0.610. The number of aliphatic hydroxyl groups excluding tert-OH is 1. The van der Waals surface area contributed by atoms with E-state index in [1.165, 1.54) is 0 Å². The van der Waals surface area contributed by atoms with E-state index in [-0.39, 0.29) is 24.0 Å². The first kappa shape index (κ1) is 15.4. The molecular weight excluding hydrogens is 228 g/mol. The first-order chi connectivity index (χ1) is 8.65. The van der Waals surface area contributed by atoms with Gasteiger partial charge in [0.15, 0.2) is 0 Å². The first-order valence-corrected chi connectivity index (χ1v) is 7.27. The quantitative estimate of drug-likeness (QED) is 0.725. The normalized spacial score (nSPS) is 18.3. The van der Waals surface area contributed by atoms with Crippen molar-refractivity contribution in [2.75, 3.05) is 19.7 Å². The second kappa shape index (κ2) is 7.10. The van der Waals surface area contributed by atoms with Gasteiger partial charge in [-0.3, -0.25) is 4.79 Å². The van der Waals surface area contributed by atoms with Crippen LogP contribution in [0.2, 0.25) is 0 Å². The van der Waals surface area contributed by atoms with Crippen LogP contribution in [0.15, 0.2) is 0 Å². The molecule has 0 aromatic carbocycles. The van der Waals surface area contributed by atoms with Gasteiger partial charge >= 0.3 is 0 Å². The Morgan fingerprint density at radius 1 is 1.33 bits per heavy atom. The highest BCUT2D eigenvalue weighted by Crippen LogP contribution is 2.39.